The van der Waals surface area contributed by atoms with Gasteiger partial charge >= 0.3 is 0 Å². The highest BCUT2D eigenvalue weighted by Crippen LogP contribution is 2.22. The van der Waals surface area contributed by atoms with Crippen molar-refractivity contribution < 1.29 is 9.53 Å². The van der Waals surface area contributed by atoms with E-state index in [0.717, 1.165) is 16.9 Å². The average Bonchev–Trinajstić information content (AvgIpc) is 2.55. The number of nitrogens with one attached hydrogen (secondary N) is 1. The van der Waals surface area contributed by atoms with Gasteiger partial charge in [0.25, 0.3) is 0 Å². The smallest absolute Gasteiger partial charge is 0.243 e. The average molecular weight is 304 g/mol. The normalized spacial score (nSPS) is 13.3. The van der Waals surface area contributed by atoms with E-state index in [-0.39, 0.29) is 11.9 Å². The van der Waals surface area contributed by atoms with Crippen LogP contribution in [-0.4, -0.2) is 13.0 Å². The molecule has 0 aliphatic rings. The van der Waals surface area contributed by atoms with Crippen molar-refractivity contribution in [1.82, 2.24) is 5.32 Å². The molecule has 2 aromatic rings. The van der Waals surface area contributed by atoms with E-state index in [2.05, 4.69) is 5.32 Å². The largest absolute Gasteiger partial charge is 0.497 e. The Morgan fingerprint density at radius 2 is 1.67 bits per heavy atom. The maximum Gasteiger partial charge on any atom is 0.243 e. The van der Waals surface area contributed by atoms with Crippen LogP contribution in [0.15, 0.2) is 54.6 Å². The lowest BCUT2D eigenvalue weighted by Crippen LogP contribution is -2.29. The van der Waals surface area contributed by atoms with E-state index in [1.165, 1.54) is 0 Å². The van der Waals surface area contributed by atoms with E-state index in [1.807, 2.05) is 61.5 Å². The quantitative estimate of drug-likeness (QED) is 0.852. The van der Waals surface area contributed by atoms with Crippen molar-refractivity contribution in [1.29, 1.82) is 0 Å². The number of ether oxygens (including phenoxy) is 1. The first-order valence-corrected chi connectivity index (χ1v) is 7.19. The number of alkyl halides is 1. The zero-order valence-corrected chi connectivity index (χ0v) is 12.8. The molecule has 0 heterocycles. The number of rotatable bonds is 5. The van der Waals surface area contributed by atoms with E-state index in [9.17, 15) is 4.79 Å². The van der Waals surface area contributed by atoms with Crippen LogP contribution in [0.3, 0.4) is 0 Å². The van der Waals surface area contributed by atoms with Crippen LogP contribution in [0.5, 0.6) is 5.75 Å². The van der Waals surface area contributed by atoms with Gasteiger partial charge in [-0.25, -0.2) is 0 Å². The van der Waals surface area contributed by atoms with Gasteiger partial charge in [0.15, 0.2) is 0 Å². The lowest BCUT2D eigenvalue weighted by molar-refractivity contribution is -0.121. The molecule has 0 spiro atoms. The predicted octanol–water partition coefficient (Wildman–Crippen LogP) is 3.85. The third-order valence-electron chi connectivity index (χ3n) is 3.30. The summed E-state index contributed by atoms with van der Waals surface area (Å²) < 4.78 is 5.12. The first kappa shape index (κ1) is 15.4. The van der Waals surface area contributed by atoms with Gasteiger partial charge in [-0.1, -0.05) is 42.5 Å². The van der Waals surface area contributed by atoms with Crippen LogP contribution in [0.25, 0.3) is 0 Å². The van der Waals surface area contributed by atoms with Gasteiger partial charge in [-0.05, 0) is 30.2 Å². The minimum atomic E-state index is -0.688. The first-order valence-electron chi connectivity index (χ1n) is 6.75. The standard InChI is InChI=1S/C17H18ClNO2/c1-12(13-8-10-15(21-2)11-9-13)19-17(20)16(18)14-6-4-3-5-7-14/h3-12,16H,1-2H3,(H,19,20). The summed E-state index contributed by atoms with van der Waals surface area (Å²) in [6, 6.07) is 16.8. The Bertz CT molecular complexity index is 583. The maximum absolute atomic E-state index is 12.2. The molecule has 4 heteroatoms. The van der Waals surface area contributed by atoms with Crippen molar-refractivity contribution >= 4 is 17.5 Å². The molecular formula is C17H18ClNO2. The number of hydrogen-bond donors (Lipinski definition) is 1. The Labute approximate surface area is 129 Å². The monoisotopic (exact) mass is 303 g/mol. The molecule has 0 aromatic heterocycles. The van der Waals surface area contributed by atoms with Crippen LogP contribution < -0.4 is 10.1 Å². The second-order valence-electron chi connectivity index (χ2n) is 4.78. The van der Waals surface area contributed by atoms with Gasteiger partial charge in [0.2, 0.25) is 5.91 Å². The third kappa shape index (κ3) is 3.99. The topological polar surface area (TPSA) is 38.3 Å². The highest BCUT2D eigenvalue weighted by atomic mass is 35.5. The molecule has 1 amide bonds. The summed E-state index contributed by atoms with van der Waals surface area (Å²) in [5, 5.41) is 2.23. The highest BCUT2D eigenvalue weighted by Gasteiger charge is 2.19. The summed E-state index contributed by atoms with van der Waals surface area (Å²) in [7, 11) is 1.62. The highest BCUT2D eigenvalue weighted by molar-refractivity contribution is 6.30. The van der Waals surface area contributed by atoms with Gasteiger partial charge in [0, 0.05) is 0 Å². The lowest BCUT2D eigenvalue weighted by Gasteiger charge is -2.17. The molecular weight excluding hydrogens is 286 g/mol. The van der Waals surface area contributed by atoms with Crippen molar-refractivity contribution in [2.45, 2.75) is 18.3 Å². The van der Waals surface area contributed by atoms with Crippen LogP contribution in [0, 0.1) is 0 Å². The number of hydrogen-bond acceptors (Lipinski definition) is 2. The molecule has 0 fully saturated rings. The van der Waals surface area contributed by atoms with Crippen molar-refractivity contribution in [2.24, 2.45) is 0 Å². The van der Waals surface area contributed by atoms with E-state index >= 15 is 0 Å². The van der Waals surface area contributed by atoms with E-state index in [1.54, 1.807) is 7.11 Å². The van der Waals surface area contributed by atoms with Crippen molar-refractivity contribution in [3.05, 3.63) is 65.7 Å². The molecule has 0 aliphatic carbocycles. The van der Waals surface area contributed by atoms with Gasteiger partial charge in [-0.2, -0.15) is 0 Å². The summed E-state index contributed by atoms with van der Waals surface area (Å²) in [6.45, 7) is 1.92. The molecule has 21 heavy (non-hydrogen) atoms. The molecule has 0 saturated carbocycles. The number of benzene rings is 2. The minimum Gasteiger partial charge on any atom is -0.497 e. The van der Waals surface area contributed by atoms with E-state index in [4.69, 9.17) is 16.3 Å². The zero-order valence-electron chi connectivity index (χ0n) is 12.0. The molecule has 2 unspecified atom stereocenters. The van der Waals surface area contributed by atoms with Crippen LogP contribution in [-0.2, 0) is 4.79 Å². The maximum atomic E-state index is 12.2. The van der Waals surface area contributed by atoms with Crippen molar-refractivity contribution in [3.8, 4) is 5.75 Å². The Morgan fingerprint density at radius 1 is 1.05 bits per heavy atom. The summed E-state index contributed by atoms with van der Waals surface area (Å²) in [4.78, 5) is 12.2. The molecule has 2 atom stereocenters. The number of halogens is 1. The molecule has 0 aliphatic heterocycles. The Kier molecular flexibility index (Phi) is 5.23. The van der Waals surface area contributed by atoms with Gasteiger partial charge in [-0.3, -0.25) is 4.79 Å². The number of carbonyl (C=O) groups excluding carboxylic acids is 1. The summed E-state index contributed by atoms with van der Waals surface area (Å²) in [5.74, 6) is 0.586. The fourth-order valence-electron chi connectivity index (χ4n) is 2.04. The van der Waals surface area contributed by atoms with Crippen LogP contribution >= 0.6 is 11.6 Å². The molecule has 2 aromatic carbocycles. The van der Waals surface area contributed by atoms with Gasteiger partial charge in [0.1, 0.15) is 11.1 Å². The molecule has 0 radical (unpaired) electrons. The summed E-state index contributed by atoms with van der Waals surface area (Å²) in [5.41, 5.74) is 1.79. The summed E-state index contributed by atoms with van der Waals surface area (Å²) >= 11 is 6.20. The second kappa shape index (κ2) is 7.14. The van der Waals surface area contributed by atoms with Crippen molar-refractivity contribution in [3.63, 3.8) is 0 Å². The lowest BCUT2D eigenvalue weighted by atomic mass is 10.1. The van der Waals surface area contributed by atoms with Gasteiger partial charge < -0.3 is 10.1 Å². The Balaban J connectivity index is 2.01. The molecule has 1 N–H and O–H groups in total. The fourth-order valence-corrected chi connectivity index (χ4v) is 2.24. The Hall–Kier alpha value is -2.00. The van der Waals surface area contributed by atoms with Crippen LogP contribution in [0.4, 0.5) is 0 Å². The van der Waals surface area contributed by atoms with Crippen LogP contribution in [0.1, 0.15) is 29.5 Å². The SMILES string of the molecule is COc1ccc(C(C)NC(=O)C(Cl)c2ccccc2)cc1. The number of amides is 1. The van der Waals surface area contributed by atoms with Crippen molar-refractivity contribution in [2.75, 3.05) is 7.11 Å². The minimum absolute atomic E-state index is 0.117. The summed E-state index contributed by atoms with van der Waals surface area (Å²) in [6.07, 6.45) is 0. The van der Waals surface area contributed by atoms with Gasteiger partial charge in [0.05, 0.1) is 13.2 Å². The fraction of sp³-hybridized carbons (Fsp3) is 0.235. The third-order valence-corrected chi connectivity index (χ3v) is 3.75. The molecule has 0 bridgehead atoms. The molecule has 2 rings (SSSR count). The molecule has 110 valence electrons. The Morgan fingerprint density at radius 3 is 2.24 bits per heavy atom. The number of methoxy groups -OCH3 is 1. The predicted molar refractivity (Wildman–Crippen MR) is 84.6 cm³/mol. The first-order chi connectivity index (χ1) is 10.1. The number of carbonyl (C=O) groups is 1. The molecule has 0 saturated heterocycles. The van der Waals surface area contributed by atoms with Gasteiger partial charge in [-0.15, -0.1) is 11.6 Å². The van der Waals surface area contributed by atoms with E-state index in [0.29, 0.717) is 0 Å². The zero-order chi connectivity index (χ0) is 15.2. The second-order valence-corrected chi connectivity index (χ2v) is 5.21. The van der Waals surface area contributed by atoms with Crippen LogP contribution in [0.2, 0.25) is 0 Å². The van der Waals surface area contributed by atoms with E-state index < -0.39 is 5.38 Å². The molecule has 3 nitrogen and oxygen atoms in total.